The fraction of sp³-hybridized carbons (Fsp3) is 0.714. The maximum Gasteiger partial charge on any atom is 0.283 e. The topological polar surface area (TPSA) is 46.9 Å². The smallest absolute Gasteiger partial charge is 0.283 e. The third-order valence-corrected chi connectivity index (χ3v) is 4.73. The summed E-state index contributed by atoms with van der Waals surface area (Å²) in [4.78, 5) is 12.1. The fourth-order valence-corrected chi connectivity index (χ4v) is 2.66. The lowest BCUT2D eigenvalue weighted by Crippen LogP contribution is -2.25. The minimum absolute atomic E-state index is 0.0477. The van der Waals surface area contributed by atoms with Crippen LogP contribution in [0.3, 0.4) is 0 Å². The molecular weight excluding hydrogens is 306 g/mol. The molecule has 0 aliphatic heterocycles. The lowest BCUT2D eigenvalue weighted by atomic mass is 10.1. The molecule has 0 radical (unpaired) electrons. The number of halogens is 1. The average Bonchev–Trinajstić information content (AvgIpc) is 2.98. The van der Waals surface area contributed by atoms with Crippen molar-refractivity contribution in [3.8, 4) is 0 Å². The first-order chi connectivity index (χ1) is 8.95. The van der Waals surface area contributed by atoms with Crippen molar-refractivity contribution in [2.45, 2.75) is 46.6 Å². The second-order valence-electron chi connectivity index (χ2n) is 6.02. The van der Waals surface area contributed by atoms with Gasteiger partial charge in [0, 0.05) is 13.1 Å². The Balaban J connectivity index is 2.02. The quantitative estimate of drug-likeness (QED) is 0.872. The normalized spacial score (nSPS) is 20.3. The first-order valence-electron chi connectivity index (χ1n) is 6.95. The molecule has 1 heterocycles. The lowest BCUT2D eigenvalue weighted by molar-refractivity contribution is 0.540. The van der Waals surface area contributed by atoms with Gasteiger partial charge in [0.1, 0.15) is 4.47 Å². The molecule has 1 atom stereocenters. The van der Waals surface area contributed by atoms with Gasteiger partial charge in [0.05, 0.1) is 11.9 Å². The third-order valence-electron chi connectivity index (χ3n) is 3.96. The minimum atomic E-state index is -0.0477. The molecule has 1 aromatic heterocycles. The highest BCUT2D eigenvalue weighted by Gasteiger charge is 2.45. The lowest BCUT2D eigenvalue weighted by Gasteiger charge is -2.11. The van der Waals surface area contributed by atoms with E-state index in [1.165, 1.54) is 11.1 Å². The summed E-state index contributed by atoms with van der Waals surface area (Å²) in [6.07, 6.45) is 5.03. The van der Waals surface area contributed by atoms with Crippen molar-refractivity contribution in [3.05, 3.63) is 21.0 Å². The van der Waals surface area contributed by atoms with Crippen LogP contribution < -0.4 is 10.9 Å². The van der Waals surface area contributed by atoms with Gasteiger partial charge >= 0.3 is 0 Å². The minimum Gasteiger partial charge on any atom is -0.382 e. The van der Waals surface area contributed by atoms with Crippen molar-refractivity contribution in [1.29, 1.82) is 0 Å². The summed E-state index contributed by atoms with van der Waals surface area (Å²) >= 11 is 3.39. The van der Waals surface area contributed by atoms with Crippen molar-refractivity contribution in [1.82, 2.24) is 9.78 Å². The monoisotopic (exact) mass is 327 g/mol. The molecule has 0 spiro atoms. The molecule has 1 N–H and O–H groups in total. The second-order valence-corrected chi connectivity index (χ2v) is 6.82. The van der Waals surface area contributed by atoms with Crippen LogP contribution >= 0.6 is 15.9 Å². The number of hydrogen-bond donors (Lipinski definition) is 1. The van der Waals surface area contributed by atoms with Crippen molar-refractivity contribution in [2.24, 2.45) is 11.3 Å². The second kappa shape index (κ2) is 5.65. The van der Waals surface area contributed by atoms with Gasteiger partial charge < -0.3 is 5.32 Å². The number of hydrogen-bond acceptors (Lipinski definition) is 3. The molecular formula is C14H22BrN3O. The van der Waals surface area contributed by atoms with Gasteiger partial charge in [-0.25, -0.2) is 4.68 Å². The van der Waals surface area contributed by atoms with Crippen molar-refractivity contribution in [2.75, 3.05) is 11.9 Å². The van der Waals surface area contributed by atoms with E-state index in [-0.39, 0.29) is 5.56 Å². The molecule has 1 unspecified atom stereocenters. The molecule has 1 aromatic rings. The van der Waals surface area contributed by atoms with Gasteiger partial charge in [-0.1, -0.05) is 27.2 Å². The van der Waals surface area contributed by atoms with Gasteiger partial charge in [-0.2, -0.15) is 5.10 Å². The molecule has 2 rings (SSSR count). The molecule has 0 saturated heterocycles. The summed E-state index contributed by atoms with van der Waals surface area (Å²) in [5.74, 6) is 0.696. The van der Waals surface area contributed by atoms with Gasteiger partial charge in [-0.15, -0.1) is 0 Å². The Labute approximate surface area is 122 Å². The van der Waals surface area contributed by atoms with Crippen LogP contribution in [0.15, 0.2) is 15.5 Å². The fourth-order valence-electron chi connectivity index (χ4n) is 2.21. The predicted molar refractivity (Wildman–Crippen MR) is 81.5 cm³/mol. The van der Waals surface area contributed by atoms with E-state index >= 15 is 0 Å². The Morgan fingerprint density at radius 3 is 2.84 bits per heavy atom. The molecule has 1 saturated carbocycles. The van der Waals surface area contributed by atoms with Gasteiger partial charge in [-0.05, 0) is 40.1 Å². The molecule has 1 aliphatic carbocycles. The summed E-state index contributed by atoms with van der Waals surface area (Å²) in [6.45, 7) is 8.24. The summed E-state index contributed by atoms with van der Waals surface area (Å²) in [6, 6.07) is 0. The van der Waals surface area contributed by atoms with E-state index in [2.05, 4.69) is 47.1 Å². The largest absolute Gasteiger partial charge is 0.382 e. The number of unbranched alkanes of at least 4 members (excludes halogenated alkanes) is 1. The van der Waals surface area contributed by atoms with E-state index in [0.717, 1.165) is 25.1 Å². The number of aryl methyl sites for hydroxylation is 1. The summed E-state index contributed by atoms with van der Waals surface area (Å²) in [5.41, 5.74) is 1.21. The van der Waals surface area contributed by atoms with E-state index in [9.17, 15) is 4.79 Å². The Bertz CT molecular complexity index is 510. The van der Waals surface area contributed by atoms with E-state index in [1.54, 1.807) is 6.20 Å². The zero-order chi connectivity index (χ0) is 14.0. The standard InChI is InChI=1S/C14H22BrN3O/c1-4-5-6-18-13(19)12(15)11(9-17-18)16-8-10-7-14(10,2)3/h9-10,16H,4-8H2,1-3H3. The van der Waals surface area contributed by atoms with E-state index in [0.29, 0.717) is 22.4 Å². The molecule has 1 aliphatic rings. The van der Waals surface area contributed by atoms with Gasteiger partial charge in [0.2, 0.25) is 0 Å². The number of aromatic nitrogens is 2. The average molecular weight is 328 g/mol. The zero-order valence-electron chi connectivity index (χ0n) is 11.9. The zero-order valence-corrected chi connectivity index (χ0v) is 13.5. The Morgan fingerprint density at radius 1 is 1.58 bits per heavy atom. The number of nitrogens with one attached hydrogen (secondary N) is 1. The molecule has 1 fully saturated rings. The SMILES string of the molecule is CCCCn1ncc(NCC2CC2(C)C)c(Br)c1=O. The van der Waals surface area contributed by atoms with Crippen molar-refractivity contribution >= 4 is 21.6 Å². The first kappa shape index (κ1) is 14.6. The number of anilines is 1. The van der Waals surface area contributed by atoms with Crippen LogP contribution in [0.1, 0.15) is 40.0 Å². The molecule has 5 heteroatoms. The highest BCUT2D eigenvalue weighted by Crippen LogP contribution is 2.51. The molecule has 19 heavy (non-hydrogen) atoms. The highest BCUT2D eigenvalue weighted by molar-refractivity contribution is 9.10. The highest BCUT2D eigenvalue weighted by atomic mass is 79.9. The van der Waals surface area contributed by atoms with Gasteiger partial charge in [0.15, 0.2) is 0 Å². The van der Waals surface area contributed by atoms with Crippen molar-refractivity contribution in [3.63, 3.8) is 0 Å². The van der Waals surface area contributed by atoms with Gasteiger partial charge in [0.25, 0.3) is 5.56 Å². The molecule has 106 valence electrons. The van der Waals surface area contributed by atoms with Crippen LogP contribution in [0.2, 0.25) is 0 Å². The van der Waals surface area contributed by atoms with Crippen LogP contribution in [0.25, 0.3) is 0 Å². The maximum atomic E-state index is 12.1. The van der Waals surface area contributed by atoms with Crippen molar-refractivity contribution < 1.29 is 0 Å². The molecule has 4 nitrogen and oxygen atoms in total. The van der Waals surface area contributed by atoms with Crippen LogP contribution in [0, 0.1) is 11.3 Å². The van der Waals surface area contributed by atoms with Crippen LogP contribution in [-0.4, -0.2) is 16.3 Å². The Hall–Kier alpha value is -0.840. The maximum absolute atomic E-state index is 12.1. The van der Waals surface area contributed by atoms with E-state index in [4.69, 9.17) is 0 Å². The predicted octanol–water partition coefficient (Wildman–Crippen LogP) is 3.26. The molecule has 0 aromatic carbocycles. The Kier molecular flexibility index (Phi) is 4.33. The molecule has 0 amide bonds. The summed E-state index contributed by atoms with van der Waals surface area (Å²) < 4.78 is 2.12. The Morgan fingerprint density at radius 2 is 2.26 bits per heavy atom. The van der Waals surface area contributed by atoms with E-state index < -0.39 is 0 Å². The third kappa shape index (κ3) is 3.38. The van der Waals surface area contributed by atoms with Gasteiger partial charge in [-0.3, -0.25) is 4.79 Å². The summed E-state index contributed by atoms with van der Waals surface area (Å²) in [7, 11) is 0. The number of nitrogens with zero attached hydrogens (tertiary/aromatic N) is 2. The van der Waals surface area contributed by atoms with Crippen LogP contribution in [0.5, 0.6) is 0 Å². The summed E-state index contributed by atoms with van der Waals surface area (Å²) in [5, 5.41) is 7.55. The number of rotatable bonds is 6. The van der Waals surface area contributed by atoms with Crippen LogP contribution in [0.4, 0.5) is 5.69 Å². The first-order valence-corrected chi connectivity index (χ1v) is 7.74. The molecule has 0 bridgehead atoms. The van der Waals surface area contributed by atoms with E-state index in [1.807, 2.05) is 0 Å². The van der Waals surface area contributed by atoms with Crippen LogP contribution in [-0.2, 0) is 6.54 Å².